The van der Waals surface area contributed by atoms with Crippen molar-refractivity contribution in [3.63, 3.8) is 0 Å². The third-order valence-corrected chi connectivity index (χ3v) is 5.13. The molecule has 2 nitrogen and oxygen atoms in total. The Labute approximate surface area is 82.3 Å². The normalized spacial score (nSPS) is 33.5. The highest BCUT2D eigenvalue weighted by molar-refractivity contribution is 6.78. The van der Waals surface area contributed by atoms with Gasteiger partial charge in [-0.2, -0.15) is 0 Å². The summed E-state index contributed by atoms with van der Waals surface area (Å²) in [5.41, 5.74) is 0.671. The molecule has 0 saturated carbocycles. The summed E-state index contributed by atoms with van der Waals surface area (Å²) in [7, 11) is -1.13. The van der Waals surface area contributed by atoms with Crippen LogP contribution in [0, 0.1) is 0 Å². The minimum Gasteiger partial charge on any atom is -0.396 e. The number of hydrogen-bond donors (Lipinski definition) is 1. The molecular weight excluding hydrogens is 180 g/mol. The third kappa shape index (κ3) is 2.33. The molecule has 0 unspecified atom stereocenters. The van der Waals surface area contributed by atoms with Gasteiger partial charge in [0.25, 0.3) is 0 Å². The standard InChI is InChI=1S/C10H22O2Si/c1-5-10(7-6-8-11)9(12-10)13(2,3)4/h9,11H,5-8H2,1-4H3/t9-,10-/m1/s1. The van der Waals surface area contributed by atoms with E-state index in [1.165, 1.54) is 0 Å². The van der Waals surface area contributed by atoms with Crippen LogP contribution in [0.1, 0.15) is 26.2 Å². The summed E-state index contributed by atoms with van der Waals surface area (Å²) in [6.07, 6.45) is 3.02. The molecule has 1 saturated heterocycles. The summed E-state index contributed by atoms with van der Waals surface area (Å²) in [5.74, 6) is 0. The monoisotopic (exact) mass is 202 g/mol. The van der Waals surface area contributed by atoms with Crippen molar-refractivity contribution in [2.75, 3.05) is 6.61 Å². The zero-order valence-electron chi connectivity index (χ0n) is 9.26. The summed E-state index contributed by atoms with van der Waals surface area (Å²) in [6, 6.07) is 0. The number of epoxide rings is 1. The maximum absolute atomic E-state index is 8.80. The van der Waals surface area contributed by atoms with E-state index in [2.05, 4.69) is 26.6 Å². The highest BCUT2D eigenvalue weighted by Crippen LogP contribution is 2.48. The number of ether oxygens (including phenoxy) is 1. The van der Waals surface area contributed by atoms with Crippen LogP contribution < -0.4 is 0 Å². The van der Waals surface area contributed by atoms with E-state index < -0.39 is 8.07 Å². The van der Waals surface area contributed by atoms with Crippen molar-refractivity contribution < 1.29 is 9.84 Å². The Morgan fingerprint density at radius 2 is 2.00 bits per heavy atom. The Hall–Kier alpha value is 0.137. The molecule has 0 bridgehead atoms. The van der Waals surface area contributed by atoms with Gasteiger partial charge in [-0.1, -0.05) is 26.6 Å². The summed E-state index contributed by atoms with van der Waals surface area (Å²) in [4.78, 5) is 0. The second kappa shape index (κ2) is 3.71. The quantitative estimate of drug-likeness (QED) is 0.547. The molecule has 13 heavy (non-hydrogen) atoms. The van der Waals surface area contributed by atoms with Crippen molar-refractivity contribution in [3.8, 4) is 0 Å². The second-order valence-corrected chi connectivity index (χ2v) is 10.4. The maximum Gasteiger partial charge on any atom is 0.0912 e. The Morgan fingerprint density at radius 1 is 1.38 bits per heavy atom. The van der Waals surface area contributed by atoms with Crippen molar-refractivity contribution in [1.29, 1.82) is 0 Å². The first-order valence-corrected chi connectivity index (χ1v) is 8.82. The van der Waals surface area contributed by atoms with Crippen molar-refractivity contribution in [3.05, 3.63) is 0 Å². The molecule has 1 heterocycles. The van der Waals surface area contributed by atoms with E-state index in [1.807, 2.05) is 0 Å². The predicted octanol–water partition coefficient (Wildman–Crippen LogP) is 2.18. The van der Waals surface area contributed by atoms with Crippen LogP contribution in [0.25, 0.3) is 0 Å². The first-order valence-electron chi connectivity index (χ1n) is 5.25. The van der Waals surface area contributed by atoms with Crippen molar-refractivity contribution in [1.82, 2.24) is 0 Å². The summed E-state index contributed by atoms with van der Waals surface area (Å²) < 4.78 is 5.87. The number of hydrogen-bond acceptors (Lipinski definition) is 2. The summed E-state index contributed by atoms with van der Waals surface area (Å²) in [5, 5.41) is 8.80. The van der Waals surface area contributed by atoms with E-state index in [1.54, 1.807) is 0 Å². The molecule has 0 spiro atoms. The topological polar surface area (TPSA) is 32.8 Å². The van der Waals surface area contributed by atoms with Gasteiger partial charge in [0.05, 0.1) is 19.4 Å². The van der Waals surface area contributed by atoms with Gasteiger partial charge in [-0.3, -0.25) is 0 Å². The van der Waals surface area contributed by atoms with Gasteiger partial charge < -0.3 is 9.84 Å². The fourth-order valence-electron chi connectivity index (χ4n) is 2.18. The average molecular weight is 202 g/mol. The molecular formula is C10H22O2Si. The lowest BCUT2D eigenvalue weighted by molar-refractivity contribution is 0.233. The molecule has 0 aliphatic carbocycles. The molecule has 3 heteroatoms. The van der Waals surface area contributed by atoms with Crippen LogP contribution >= 0.6 is 0 Å². The van der Waals surface area contributed by atoms with Crippen LogP contribution in [0.3, 0.4) is 0 Å². The van der Waals surface area contributed by atoms with Crippen LogP contribution in [-0.2, 0) is 4.74 Å². The van der Waals surface area contributed by atoms with E-state index in [9.17, 15) is 0 Å². The highest BCUT2D eigenvalue weighted by Gasteiger charge is 2.59. The lowest BCUT2D eigenvalue weighted by Gasteiger charge is -2.16. The Balaban J connectivity index is 2.48. The minimum atomic E-state index is -1.13. The van der Waals surface area contributed by atoms with Gasteiger partial charge in [0.1, 0.15) is 0 Å². The summed E-state index contributed by atoms with van der Waals surface area (Å²) in [6.45, 7) is 9.55. The lowest BCUT2D eigenvalue weighted by Crippen LogP contribution is -2.34. The maximum atomic E-state index is 8.80. The molecule has 0 aromatic carbocycles. The van der Waals surface area contributed by atoms with Crippen molar-refractivity contribution >= 4 is 8.07 Å². The fourth-order valence-corrected chi connectivity index (χ4v) is 4.70. The molecule has 1 N–H and O–H groups in total. The number of aliphatic hydroxyl groups is 1. The molecule has 1 rings (SSSR count). The van der Waals surface area contributed by atoms with Gasteiger partial charge in [-0.05, 0) is 19.3 Å². The zero-order chi connectivity index (χ0) is 10.1. The highest BCUT2D eigenvalue weighted by atomic mass is 28.3. The first-order chi connectivity index (χ1) is 5.96. The molecule has 0 amide bonds. The predicted molar refractivity (Wildman–Crippen MR) is 57.6 cm³/mol. The zero-order valence-corrected chi connectivity index (χ0v) is 10.3. The van der Waals surface area contributed by atoms with Crippen molar-refractivity contribution in [2.24, 2.45) is 0 Å². The molecule has 78 valence electrons. The van der Waals surface area contributed by atoms with E-state index >= 15 is 0 Å². The molecule has 2 atom stereocenters. The number of aliphatic hydroxyl groups excluding tert-OH is 1. The van der Waals surface area contributed by atoms with Crippen LogP contribution in [0.2, 0.25) is 19.6 Å². The smallest absolute Gasteiger partial charge is 0.0912 e. The second-order valence-electron chi connectivity index (χ2n) is 5.11. The van der Waals surface area contributed by atoms with Gasteiger partial charge >= 0.3 is 0 Å². The van der Waals surface area contributed by atoms with E-state index in [0.717, 1.165) is 19.3 Å². The third-order valence-electron chi connectivity index (χ3n) is 2.92. The largest absolute Gasteiger partial charge is 0.396 e. The van der Waals surface area contributed by atoms with Crippen LogP contribution in [0.15, 0.2) is 0 Å². The van der Waals surface area contributed by atoms with Gasteiger partial charge in [0, 0.05) is 6.61 Å². The molecule has 0 aromatic heterocycles. The summed E-state index contributed by atoms with van der Waals surface area (Å²) >= 11 is 0. The van der Waals surface area contributed by atoms with E-state index in [-0.39, 0.29) is 5.60 Å². The van der Waals surface area contributed by atoms with Gasteiger partial charge in [-0.25, -0.2) is 0 Å². The van der Waals surface area contributed by atoms with Crippen LogP contribution in [0.4, 0.5) is 0 Å². The molecule has 0 radical (unpaired) electrons. The Kier molecular flexibility index (Phi) is 3.20. The Morgan fingerprint density at radius 3 is 2.31 bits per heavy atom. The average Bonchev–Trinajstić information content (AvgIpc) is 2.76. The fraction of sp³-hybridized carbons (Fsp3) is 1.00. The first kappa shape index (κ1) is 11.2. The van der Waals surface area contributed by atoms with E-state index in [4.69, 9.17) is 9.84 Å². The Bertz CT molecular complexity index is 176. The lowest BCUT2D eigenvalue weighted by atomic mass is 10.0. The van der Waals surface area contributed by atoms with Crippen LogP contribution in [-0.4, -0.2) is 31.1 Å². The van der Waals surface area contributed by atoms with Gasteiger partial charge in [0.15, 0.2) is 0 Å². The molecule has 1 aliphatic rings. The molecule has 0 aromatic rings. The molecule has 1 aliphatic heterocycles. The van der Waals surface area contributed by atoms with Crippen LogP contribution in [0.5, 0.6) is 0 Å². The SMILES string of the molecule is CC[C@]1(CCCO)O[C@@H]1[Si](C)(C)C. The van der Waals surface area contributed by atoms with Gasteiger partial charge in [-0.15, -0.1) is 0 Å². The molecule has 1 fully saturated rings. The van der Waals surface area contributed by atoms with Crippen molar-refractivity contribution in [2.45, 2.75) is 57.2 Å². The number of rotatable bonds is 5. The van der Waals surface area contributed by atoms with E-state index in [0.29, 0.717) is 12.3 Å². The van der Waals surface area contributed by atoms with Gasteiger partial charge in [0.2, 0.25) is 0 Å². The minimum absolute atomic E-state index is 0.146.